The first-order valence-corrected chi connectivity index (χ1v) is 24.5. The zero-order valence-electron chi connectivity index (χ0n) is 38.8. The molecule has 0 saturated heterocycles. The van der Waals surface area contributed by atoms with Crippen molar-refractivity contribution in [3.8, 4) is 23.0 Å². The van der Waals surface area contributed by atoms with E-state index in [1.165, 1.54) is 47.8 Å². The van der Waals surface area contributed by atoms with Crippen LogP contribution in [0.25, 0.3) is 0 Å². The van der Waals surface area contributed by atoms with Gasteiger partial charge in [-0.2, -0.15) is 19.6 Å². The Balaban J connectivity index is 0.763. The Bertz CT molecular complexity index is 3050. The Labute approximate surface area is 421 Å². The number of nitro groups is 2. The number of nitrogens with zero attached hydrogens (tertiary/aromatic N) is 10. The van der Waals surface area contributed by atoms with Crippen molar-refractivity contribution < 1.29 is 28.8 Å². The first kappa shape index (κ1) is 47.3. The number of non-ortho nitro benzene ring substituents is 2. The van der Waals surface area contributed by atoms with Crippen LogP contribution in [0, 0.1) is 20.2 Å². The van der Waals surface area contributed by atoms with E-state index in [1.54, 1.807) is 47.8 Å². The molecule has 0 aliphatic carbocycles. The van der Waals surface area contributed by atoms with Gasteiger partial charge in [-0.05, 0) is 119 Å². The number of ether oxygens (including phenoxy) is 4. The summed E-state index contributed by atoms with van der Waals surface area (Å²) < 4.78 is 26.7. The van der Waals surface area contributed by atoms with Crippen LogP contribution in [-0.4, -0.2) is 65.2 Å². The SMILES string of the molecule is COc1ccc(C2=Nn3c(COc4ccc(CCc5ccc(OCc6nnc7n6N=C(c6ccc(OC)cc6)CC(c6ccc([N+](=O)[O-])cc6)S7)cc5)cc4)nnc3SC(c3ccc([N+](=O)[O-])cc3)C2)cc1. The second-order valence-corrected chi connectivity index (χ2v) is 19.0. The number of rotatable bonds is 17. The number of aryl methyl sites for hydroxylation is 2. The van der Waals surface area contributed by atoms with E-state index < -0.39 is 9.85 Å². The molecule has 20 heteroatoms. The summed E-state index contributed by atoms with van der Waals surface area (Å²) in [5, 5.41) is 51.5. The minimum Gasteiger partial charge on any atom is -0.497 e. The molecule has 0 N–H and O–H groups in total. The molecule has 2 atom stereocenters. The molecule has 72 heavy (non-hydrogen) atoms. The zero-order valence-corrected chi connectivity index (χ0v) is 40.4. The van der Waals surface area contributed by atoms with Crippen LogP contribution in [0.3, 0.4) is 0 Å². The summed E-state index contributed by atoms with van der Waals surface area (Å²) in [6.07, 6.45) is 2.72. The van der Waals surface area contributed by atoms with Crippen molar-refractivity contribution in [2.45, 2.75) is 59.7 Å². The second-order valence-electron chi connectivity index (χ2n) is 16.7. The number of aromatic nitrogens is 6. The molecule has 10 rings (SSSR count). The lowest BCUT2D eigenvalue weighted by atomic mass is 10.0. The van der Waals surface area contributed by atoms with Gasteiger partial charge in [-0.15, -0.1) is 20.4 Å². The van der Waals surface area contributed by atoms with Gasteiger partial charge in [0.1, 0.15) is 36.2 Å². The summed E-state index contributed by atoms with van der Waals surface area (Å²) in [6.45, 7) is 0.258. The predicted molar refractivity (Wildman–Crippen MR) is 271 cm³/mol. The standard InChI is InChI=1S/C52H44N10O8S2/c1-67-41-25-13-35(14-26-41)45-29-47(37-9-17-39(18-10-37)61(63)64)71-51-55-53-49(59(51)57-45)31-69-43-21-5-33(6-22-43)3-4-34-7-23-44(24-8-34)70-32-50-54-56-52-60(50)58-46(36-15-27-42(68-2)28-16-36)30-48(72-52)38-11-19-40(20-12-38)62(65)66/h5-28,47-48H,3-4,29-32H2,1-2H3. The number of fused-ring (bicyclic) bond motifs is 2. The van der Waals surface area contributed by atoms with Gasteiger partial charge in [-0.1, -0.05) is 72.1 Å². The Morgan fingerprint density at radius 3 is 1.21 bits per heavy atom. The van der Waals surface area contributed by atoms with Crippen molar-refractivity contribution in [1.82, 2.24) is 29.7 Å². The molecule has 0 amide bonds. The maximum atomic E-state index is 11.3. The van der Waals surface area contributed by atoms with Crippen molar-refractivity contribution in [3.05, 3.63) is 211 Å². The summed E-state index contributed by atoms with van der Waals surface area (Å²) in [7, 11) is 3.24. The van der Waals surface area contributed by atoms with E-state index in [0.717, 1.165) is 69.1 Å². The lowest BCUT2D eigenvalue weighted by Crippen LogP contribution is -2.09. The second kappa shape index (κ2) is 21.3. The molecule has 0 fully saturated rings. The normalized spacial score (nSPS) is 15.2. The number of thioether (sulfide) groups is 2. The molecular weight excluding hydrogens is 957 g/mol. The van der Waals surface area contributed by atoms with Crippen LogP contribution < -0.4 is 18.9 Å². The molecule has 2 aromatic heterocycles. The summed E-state index contributed by atoms with van der Waals surface area (Å²) in [4.78, 5) is 21.9. The van der Waals surface area contributed by atoms with Gasteiger partial charge in [-0.3, -0.25) is 20.2 Å². The van der Waals surface area contributed by atoms with Crippen LogP contribution in [0.4, 0.5) is 11.4 Å². The number of methoxy groups -OCH3 is 2. The highest BCUT2D eigenvalue weighted by atomic mass is 32.2. The highest BCUT2D eigenvalue weighted by Crippen LogP contribution is 2.43. The third-order valence-electron chi connectivity index (χ3n) is 12.1. The molecule has 0 saturated carbocycles. The lowest BCUT2D eigenvalue weighted by Gasteiger charge is -2.14. The molecule has 4 heterocycles. The van der Waals surface area contributed by atoms with E-state index in [-0.39, 0.29) is 35.1 Å². The topological polar surface area (TPSA) is 209 Å². The van der Waals surface area contributed by atoms with E-state index in [9.17, 15) is 20.2 Å². The van der Waals surface area contributed by atoms with Crippen LogP contribution >= 0.6 is 23.5 Å². The maximum Gasteiger partial charge on any atom is 0.269 e. The number of hydrogen-bond acceptors (Lipinski definition) is 16. The number of hydrogen-bond donors (Lipinski definition) is 0. The van der Waals surface area contributed by atoms with E-state index >= 15 is 0 Å². The third kappa shape index (κ3) is 10.8. The predicted octanol–water partition coefficient (Wildman–Crippen LogP) is 10.6. The molecule has 0 radical (unpaired) electrons. The summed E-state index contributed by atoms with van der Waals surface area (Å²) in [5.41, 5.74) is 7.60. The van der Waals surface area contributed by atoms with Gasteiger partial charge in [0.15, 0.2) is 11.6 Å². The van der Waals surface area contributed by atoms with Gasteiger partial charge in [0.05, 0.1) is 35.5 Å². The molecule has 2 unspecified atom stereocenters. The fourth-order valence-electron chi connectivity index (χ4n) is 8.13. The minimum atomic E-state index is -0.404. The fraction of sp³-hybridized carbons (Fsp3) is 0.192. The van der Waals surface area contributed by atoms with Crippen LogP contribution in [0.1, 0.15) is 68.4 Å². The van der Waals surface area contributed by atoms with Gasteiger partial charge in [0.25, 0.3) is 11.4 Å². The van der Waals surface area contributed by atoms with Crippen LogP contribution in [-0.2, 0) is 26.1 Å². The number of benzene rings is 6. The van der Waals surface area contributed by atoms with Gasteiger partial charge < -0.3 is 18.9 Å². The van der Waals surface area contributed by atoms with Gasteiger partial charge in [-0.25, -0.2) is 0 Å². The molecule has 6 aromatic carbocycles. The molecule has 8 aromatic rings. The van der Waals surface area contributed by atoms with Gasteiger partial charge in [0.2, 0.25) is 10.3 Å². The molecular formula is C52H44N10O8S2. The highest BCUT2D eigenvalue weighted by Gasteiger charge is 2.29. The molecule has 362 valence electrons. The largest absolute Gasteiger partial charge is 0.497 e. The van der Waals surface area contributed by atoms with Crippen LogP contribution in [0.2, 0.25) is 0 Å². The van der Waals surface area contributed by atoms with Crippen molar-refractivity contribution in [2.24, 2.45) is 10.2 Å². The van der Waals surface area contributed by atoms with E-state index in [1.807, 2.05) is 72.8 Å². The third-order valence-corrected chi connectivity index (χ3v) is 14.5. The first-order valence-electron chi connectivity index (χ1n) is 22.7. The molecule has 0 bridgehead atoms. The summed E-state index contributed by atoms with van der Waals surface area (Å²) in [5.74, 6) is 3.87. The van der Waals surface area contributed by atoms with Crippen molar-refractivity contribution in [2.75, 3.05) is 14.2 Å². The van der Waals surface area contributed by atoms with Crippen molar-refractivity contribution in [1.29, 1.82) is 0 Å². The molecule has 2 aliphatic heterocycles. The quantitative estimate of drug-likeness (QED) is 0.0614. The van der Waals surface area contributed by atoms with E-state index in [0.29, 0.717) is 46.3 Å². The lowest BCUT2D eigenvalue weighted by molar-refractivity contribution is -0.385. The molecule has 0 spiro atoms. The van der Waals surface area contributed by atoms with Crippen LogP contribution in [0.15, 0.2) is 166 Å². The Morgan fingerprint density at radius 2 is 0.861 bits per heavy atom. The monoisotopic (exact) mass is 1000 g/mol. The van der Waals surface area contributed by atoms with Crippen LogP contribution in [0.5, 0.6) is 23.0 Å². The fourth-order valence-corrected chi connectivity index (χ4v) is 10.4. The zero-order chi connectivity index (χ0) is 49.6. The summed E-state index contributed by atoms with van der Waals surface area (Å²) >= 11 is 3.00. The Morgan fingerprint density at radius 1 is 0.500 bits per heavy atom. The molecule has 18 nitrogen and oxygen atoms in total. The molecule has 2 aliphatic rings. The number of nitro benzene ring substituents is 2. The maximum absolute atomic E-state index is 11.3. The summed E-state index contributed by atoms with van der Waals surface area (Å²) in [6, 6.07) is 44.6. The van der Waals surface area contributed by atoms with Gasteiger partial charge in [0, 0.05) is 47.6 Å². The Hall–Kier alpha value is -8.36. The van der Waals surface area contributed by atoms with Crippen molar-refractivity contribution in [3.63, 3.8) is 0 Å². The van der Waals surface area contributed by atoms with E-state index in [4.69, 9.17) is 29.2 Å². The smallest absolute Gasteiger partial charge is 0.269 e. The highest BCUT2D eigenvalue weighted by molar-refractivity contribution is 7.99. The minimum absolute atomic E-state index is 0.0304. The van der Waals surface area contributed by atoms with Gasteiger partial charge >= 0.3 is 0 Å². The van der Waals surface area contributed by atoms with Crippen molar-refractivity contribution >= 4 is 46.3 Å². The van der Waals surface area contributed by atoms with E-state index in [2.05, 4.69) is 44.7 Å². The average molecular weight is 1000 g/mol. The average Bonchev–Trinajstić information content (AvgIpc) is 3.84. The Kier molecular flexibility index (Phi) is 14.0. The first-order chi connectivity index (χ1) is 35.2.